The normalized spacial score (nSPS) is 20.7. The summed E-state index contributed by atoms with van der Waals surface area (Å²) in [6, 6.07) is 30.9. The highest BCUT2D eigenvalue weighted by Crippen LogP contribution is 2.29. The molecule has 224 valence electrons. The average Bonchev–Trinajstić information content (AvgIpc) is 3.45. The number of nitrogens with one attached hydrogen (secondary N) is 1. The van der Waals surface area contributed by atoms with Gasteiger partial charge in [0.15, 0.2) is 6.29 Å². The molecule has 3 N–H and O–H groups in total. The monoisotopic (exact) mass is 572 g/mol. The van der Waals surface area contributed by atoms with Gasteiger partial charge in [0.05, 0.1) is 38.6 Å². The molecule has 1 aliphatic rings. The van der Waals surface area contributed by atoms with Crippen molar-refractivity contribution in [2.75, 3.05) is 26.4 Å². The fourth-order valence-corrected chi connectivity index (χ4v) is 5.32. The molecule has 2 heterocycles. The van der Waals surface area contributed by atoms with Crippen LogP contribution in [0.2, 0.25) is 0 Å². The van der Waals surface area contributed by atoms with E-state index in [1.807, 2.05) is 42.5 Å². The summed E-state index contributed by atoms with van der Waals surface area (Å²) in [5.41, 5.74) is 10.1. The van der Waals surface area contributed by atoms with Gasteiger partial charge in [-0.05, 0) is 54.5 Å². The van der Waals surface area contributed by atoms with Gasteiger partial charge in [-0.15, -0.1) is 0 Å². The Bertz CT molecular complexity index is 1270. The Balaban J connectivity index is 1.26. The second-order valence-corrected chi connectivity index (χ2v) is 10.9. The Morgan fingerprint density at radius 1 is 0.762 bits per heavy atom. The summed E-state index contributed by atoms with van der Waals surface area (Å²) in [5.74, 6) is 0. The summed E-state index contributed by atoms with van der Waals surface area (Å²) in [6.45, 7) is 3.32. The number of hydrogen-bond donors (Lipinski definition) is 2. The zero-order valence-electron chi connectivity index (χ0n) is 24.4. The van der Waals surface area contributed by atoms with E-state index in [9.17, 15) is 0 Å². The maximum Gasteiger partial charge on any atom is 0.186 e. The molecule has 1 aromatic heterocycles. The molecule has 3 aromatic carbocycles. The SMILES string of the molecule is NCCCCCOCC1CC(OCc2ccccc2)C(OCc2ccccc2)C(OCCc2cc3ccccc3[nH]2)O1. The smallest absolute Gasteiger partial charge is 0.186 e. The first-order chi connectivity index (χ1) is 20.8. The minimum Gasteiger partial charge on any atom is -0.379 e. The van der Waals surface area contributed by atoms with E-state index in [0.29, 0.717) is 46.0 Å². The molecule has 4 aromatic rings. The van der Waals surface area contributed by atoms with E-state index in [4.69, 9.17) is 29.4 Å². The van der Waals surface area contributed by atoms with Crippen LogP contribution >= 0.6 is 0 Å². The van der Waals surface area contributed by atoms with E-state index in [2.05, 4.69) is 53.5 Å². The van der Waals surface area contributed by atoms with Crippen LogP contribution < -0.4 is 5.73 Å². The molecular weight excluding hydrogens is 528 g/mol. The van der Waals surface area contributed by atoms with E-state index in [-0.39, 0.29) is 12.2 Å². The van der Waals surface area contributed by atoms with E-state index < -0.39 is 12.4 Å². The van der Waals surface area contributed by atoms with Gasteiger partial charge in [0, 0.05) is 30.7 Å². The van der Waals surface area contributed by atoms with E-state index in [1.165, 1.54) is 5.39 Å². The summed E-state index contributed by atoms with van der Waals surface area (Å²) in [6.07, 6.45) is 3.13. The highest BCUT2D eigenvalue weighted by atomic mass is 16.7. The van der Waals surface area contributed by atoms with Crippen LogP contribution in [0.15, 0.2) is 91.0 Å². The second kappa shape index (κ2) is 16.6. The molecule has 1 saturated heterocycles. The molecule has 0 saturated carbocycles. The molecule has 4 atom stereocenters. The number of hydrogen-bond acceptors (Lipinski definition) is 6. The molecule has 7 nitrogen and oxygen atoms in total. The van der Waals surface area contributed by atoms with E-state index in [1.54, 1.807) is 0 Å². The van der Waals surface area contributed by atoms with Crippen LogP contribution in [-0.2, 0) is 43.3 Å². The van der Waals surface area contributed by atoms with Gasteiger partial charge in [-0.2, -0.15) is 0 Å². The number of aromatic nitrogens is 1. The zero-order valence-corrected chi connectivity index (χ0v) is 24.4. The van der Waals surface area contributed by atoms with E-state index in [0.717, 1.165) is 48.0 Å². The number of unbranched alkanes of at least 4 members (excludes halogenated alkanes) is 2. The molecule has 0 spiro atoms. The van der Waals surface area contributed by atoms with Crippen molar-refractivity contribution in [2.45, 2.75) is 69.9 Å². The van der Waals surface area contributed by atoms with Gasteiger partial charge in [0.1, 0.15) is 6.10 Å². The quantitative estimate of drug-likeness (QED) is 0.147. The minimum atomic E-state index is -0.585. The van der Waals surface area contributed by atoms with Gasteiger partial charge in [-0.25, -0.2) is 0 Å². The van der Waals surface area contributed by atoms with Gasteiger partial charge in [-0.3, -0.25) is 0 Å². The van der Waals surface area contributed by atoms with Crippen LogP contribution in [0.5, 0.6) is 0 Å². The third kappa shape index (κ3) is 9.23. The Kier molecular flexibility index (Phi) is 12.0. The first-order valence-electron chi connectivity index (χ1n) is 15.2. The minimum absolute atomic E-state index is 0.157. The predicted octanol–water partition coefficient (Wildman–Crippen LogP) is 6.16. The van der Waals surface area contributed by atoms with Gasteiger partial charge in [0.25, 0.3) is 0 Å². The van der Waals surface area contributed by atoms with Crippen molar-refractivity contribution in [3.8, 4) is 0 Å². The van der Waals surface area contributed by atoms with E-state index >= 15 is 0 Å². The first-order valence-corrected chi connectivity index (χ1v) is 15.2. The molecule has 7 heteroatoms. The lowest BCUT2D eigenvalue weighted by Crippen LogP contribution is -2.53. The zero-order chi connectivity index (χ0) is 28.8. The molecule has 0 bridgehead atoms. The third-order valence-corrected chi connectivity index (χ3v) is 7.58. The number of benzene rings is 3. The molecule has 0 aliphatic carbocycles. The number of aromatic amines is 1. The average molecular weight is 573 g/mol. The number of rotatable bonds is 17. The molecule has 1 aliphatic heterocycles. The highest BCUT2D eigenvalue weighted by molar-refractivity contribution is 5.80. The Morgan fingerprint density at radius 3 is 2.21 bits per heavy atom. The largest absolute Gasteiger partial charge is 0.379 e. The first kappa shape index (κ1) is 30.4. The van der Waals surface area contributed by atoms with Crippen molar-refractivity contribution in [1.29, 1.82) is 0 Å². The maximum atomic E-state index is 6.53. The van der Waals surface area contributed by atoms with Gasteiger partial charge >= 0.3 is 0 Å². The van der Waals surface area contributed by atoms with Gasteiger partial charge in [-0.1, -0.05) is 78.9 Å². The number of para-hydroxylation sites is 1. The van der Waals surface area contributed by atoms with Crippen LogP contribution in [0.25, 0.3) is 10.9 Å². The van der Waals surface area contributed by atoms with Crippen molar-refractivity contribution in [2.24, 2.45) is 5.73 Å². The predicted molar refractivity (Wildman–Crippen MR) is 165 cm³/mol. The molecule has 0 amide bonds. The second-order valence-electron chi connectivity index (χ2n) is 10.9. The number of nitrogens with two attached hydrogens (primary N) is 1. The van der Waals surface area contributed by atoms with Gasteiger partial charge < -0.3 is 34.4 Å². The summed E-state index contributed by atoms with van der Waals surface area (Å²) >= 11 is 0. The molecule has 4 unspecified atom stereocenters. The van der Waals surface area contributed by atoms with Crippen molar-refractivity contribution >= 4 is 10.9 Å². The fraction of sp³-hybridized carbons (Fsp3) is 0.429. The topological polar surface area (TPSA) is 88.0 Å². The molecular formula is C35H44N2O5. The molecule has 42 heavy (non-hydrogen) atoms. The maximum absolute atomic E-state index is 6.53. The Labute approximate surface area is 249 Å². The number of ether oxygens (including phenoxy) is 5. The van der Waals surface area contributed by atoms with Crippen molar-refractivity contribution in [3.63, 3.8) is 0 Å². The fourth-order valence-electron chi connectivity index (χ4n) is 5.32. The van der Waals surface area contributed by atoms with Crippen LogP contribution in [0.3, 0.4) is 0 Å². The lowest BCUT2D eigenvalue weighted by Gasteiger charge is -2.41. The standard InChI is InChI=1S/C35H44N2O5/c36-19-10-3-11-20-38-26-31-23-33(40-24-27-12-4-1-5-13-27)34(41-25-28-14-6-2-7-15-28)35(42-31)39-21-18-30-22-29-16-8-9-17-32(29)37-30/h1-2,4-9,12-17,22,31,33-35,37H,3,10-11,18-21,23-26,36H2. The lowest BCUT2D eigenvalue weighted by molar-refractivity contribution is -0.292. The summed E-state index contributed by atoms with van der Waals surface area (Å²) < 4.78 is 32.0. The summed E-state index contributed by atoms with van der Waals surface area (Å²) in [5, 5.41) is 1.20. The molecule has 0 radical (unpaired) electrons. The Hall–Kier alpha value is -3.04. The summed E-state index contributed by atoms with van der Waals surface area (Å²) in [4.78, 5) is 3.49. The third-order valence-electron chi connectivity index (χ3n) is 7.58. The molecule has 5 rings (SSSR count). The number of fused-ring (bicyclic) bond motifs is 1. The van der Waals surface area contributed by atoms with Crippen LogP contribution in [0.4, 0.5) is 0 Å². The van der Waals surface area contributed by atoms with Crippen molar-refractivity contribution in [3.05, 3.63) is 108 Å². The highest BCUT2D eigenvalue weighted by Gasteiger charge is 2.41. The lowest BCUT2D eigenvalue weighted by atomic mass is 10.0. The van der Waals surface area contributed by atoms with Gasteiger partial charge in [0.2, 0.25) is 0 Å². The summed E-state index contributed by atoms with van der Waals surface area (Å²) in [7, 11) is 0. The number of H-pyrrole nitrogens is 1. The van der Waals surface area contributed by atoms with Crippen LogP contribution in [-0.4, -0.2) is 56.0 Å². The van der Waals surface area contributed by atoms with Crippen molar-refractivity contribution in [1.82, 2.24) is 4.98 Å². The molecule has 1 fully saturated rings. The Morgan fingerprint density at radius 2 is 1.48 bits per heavy atom. The van der Waals surface area contributed by atoms with Crippen LogP contribution in [0.1, 0.15) is 42.5 Å². The van der Waals surface area contributed by atoms with Crippen molar-refractivity contribution < 1.29 is 23.7 Å². The van der Waals surface area contributed by atoms with Crippen LogP contribution in [0, 0.1) is 0 Å².